The molecule has 1 aliphatic carbocycles. The van der Waals surface area contributed by atoms with Crippen LogP contribution in [0.2, 0.25) is 0 Å². The summed E-state index contributed by atoms with van der Waals surface area (Å²) in [4.78, 5) is 30.4. The first kappa shape index (κ1) is 52.4. The van der Waals surface area contributed by atoms with Gasteiger partial charge < -0.3 is 19.3 Å². The summed E-state index contributed by atoms with van der Waals surface area (Å²) in [6.45, 7) is 13.2. The third kappa shape index (κ3) is 12.3. The molecule has 0 saturated heterocycles. The van der Waals surface area contributed by atoms with Crippen molar-refractivity contribution in [2.75, 3.05) is 23.0 Å². The molecule has 0 aromatic heterocycles. The molecule has 0 amide bonds. The van der Waals surface area contributed by atoms with Crippen molar-refractivity contribution in [1.29, 1.82) is 0 Å². The van der Waals surface area contributed by atoms with Crippen LogP contribution in [0.25, 0.3) is 22.3 Å². The van der Waals surface area contributed by atoms with Gasteiger partial charge in [0, 0.05) is 39.5 Å². The van der Waals surface area contributed by atoms with Gasteiger partial charge in [0.05, 0.1) is 24.3 Å². The van der Waals surface area contributed by atoms with Crippen LogP contribution in [0.3, 0.4) is 0 Å². The number of aryl methyl sites for hydroxylation is 2. The van der Waals surface area contributed by atoms with E-state index in [1.165, 1.54) is 129 Å². The van der Waals surface area contributed by atoms with Crippen LogP contribution in [0, 0.1) is 13.8 Å². The summed E-state index contributed by atoms with van der Waals surface area (Å²) in [6, 6.07) is 55.4. The number of esters is 2. The van der Waals surface area contributed by atoms with Gasteiger partial charge in [0.2, 0.25) is 0 Å². The molecule has 0 atom stereocenters. The first-order valence-electron chi connectivity index (χ1n) is 27.4. The number of hydrogen-bond donors (Lipinski definition) is 0. The second-order valence-electron chi connectivity index (χ2n) is 20.0. The number of nitrogens with zero attached hydrogens (tertiary/aromatic N) is 2. The molecule has 6 nitrogen and oxygen atoms in total. The number of rotatable bonds is 25. The van der Waals surface area contributed by atoms with Crippen LogP contribution in [0.1, 0.15) is 161 Å². The number of unbranched alkanes of at least 4 members (excludes halogenated alkanes) is 10. The van der Waals surface area contributed by atoms with Crippen LogP contribution in [0.15, 0.2) is 158 Å². The van der Waals surface area contributed by atoms with Crippen molar-refractivity contribution in [2.24, 2.45) is 0 Å². The summed E-state index contributed by atoms with van der Waals surface area (Å²) in [7, 11) is 0. The first-order valence-corrected chi connectivity index (χ1v) is 27.4. The molecule has 0 heterocycles. The predicted molar refractivity (Wildman–Crippen MR) is 305 cm³/mol. The summed E-state index contributed by atoms with van der Waals surface area (Å²) in [5.41, 5.74) is 17.2. The van der Waals surface area contributed by atoms with Crippen LogP contribution in [0.5, 0.6) is 0 Å². The standard InChI is InChI=1S/C67H76N2O4/c1-7-11-13-15-17-19-43-67(44-20-18-16-14-12-8-2)63-45-50(6)29-41-61(63)62-42-32-52(48-64(62)67)51-30-35-56(36-31-51)69(60-26-22-24-54(47-60)66(71)73-10-4)58-39-37-57(38-40-58)68(55-33-27-49(5)28-34-55)59-25-21-23-53(46-59)65(70)72-9-3/h21-42,45-48H,7-20,43-44H2,1-6H3. The average molecular weight is 973 g/mol. The van der Waals surface area contributed by atoms with Crippen LogP contribution >= 0.6 is 0 Å². The Kier molecular flexibility index (Phi) is 18.1. The Morgan fingerprint density at radius 2 is 0.795 bits per heavy atom. The molecule has 0 bridgehead atoms. The van der Waals surface area contributed by atoms with Gasteiger partial charge in [-0.2, -0.15) is 0 Å². The van der Waals surface area contributed by atoms with E-state index < -0.39 is 0 Å². The summed E-state index contributed by atoms with van der Waals surface area (Å²) in [6.07, 6.45) is 17.9. The van der Waals surface area contributed by atoms with Crippen molar-refractivity contribution in [2.45, 2.75) is 137 Å². The van der Waals surface area contributed by atoms with Gasteiger partial charge in [0.1, 0.15) is 0 Å². The molecule has 73 heavy (non-hydrogen) atoms. The van der Waals surface area contributed by atoms with E-state index in [1.807, 2.05) is 56.3 Å². The highest BCUT2D eigenvalue weighted by atomic mass is 16.5. The lowest BCUT2D eigenvalue weighted by molar-refractivity contribution is 0.0517. The number of benzene rings is 7. The molecule has 7 aromatic rings. The van der Waals surface area contributed by atoms with Crippen molar-refractivity contribution in [3.8, 4) is 22.3 Å². The Bertz CT molecular complexity index is 2900. The van der Waals surface area contributed by atoms with Gasteiger partial charge in [0.25, 0.3) is 0 Å². The largest absolute Gasteiger partial charge is 0.462 e. The van der Waals surface area contributed by atoms with Gasteiger partial charge in [-0.1, -0.05) is 169 Å². The van der Waals surface area contributed by atoms with E-state index in [-0.39, 0.29) is 17.4 Å². The maximum Gasteiger partial charge on any atom is 0.338 e. The molecule has 6 heteroatoms. The summed E-state index contributed by atoms with van der Waals surface area (Å²) < 4.78 is 10.9. The highest BCUT2D eigenvalue weighted by Crippen LogP contribution is 2.55. The summed E-state index contributed by atoms with van der Waals surface area (Å²) >= 11 is 0. The van der Waals surface area contributed by atoms with E-state index >= 15 is 0 Å². The highest BCUT2D eigenvalue weighted by molar-refractivity contribution is 5.93. The van der Waals surface area contributed by atoms with Crippen molar-refractivity contribution in [3.63, 3.8) is 0 Å². The van der Waals surface area contributed by atoms with E-state index in [1.54, 1.807) is 6.07 Å². The third-order valence-electron chi connectivity index (χ3n) is 14.8. The van der Waals surface area contributed by atoms with Crippen LogP contribution in [-0.4, -0.2) is 25.2 Å². The van der Waals surface area contributed by atoms with Gasteiger partial charge in [0.15, 0.2) is 0 Å². The fourth-order valence-electron chi connectivity index (χ4n) is 11.0. The molecule has 8 rings (SSSR count). The minimum atomic E-state index is -0.355. The zero-order valence-electron chi connectivity index (χ0n) is 44.4. The van der Waals surface area contributed by atoms with E-state index in [2.05, 4.69) is 147 Å². The van der Waals surface area contributed by atoms with Crippen LogP contribution in [0.4, 0.5) is 34.1 Å². The maximum atomic E-state index is 13.2. The predicted octanol–water partition coefficient (Wildman–Crippen LogP) is 19.0. The quantitative estimate of drug-likeness (QED) is 0.0420. The molecule has 0 unspecified atom stereocenters. The lowest BCUT2D eigenvalue weighted by Crippen LogP contribution is -2.25. The smallest absolute Gasteiger partial charge is 0.338 e. The van der Waals surface area contributed by atoms with Crippen molar-refractivity contribution in [3.05, 3.63) is 191 Å². The van der Waals surface area contributed by atoms with Crippen molar-refractivity contribution >= 4 is 46.1 Å². The number of fused-ring (bicyclic) bond motifs is 3. The number of carbonyl (C=O) groups is 2. The molecule has 0 fully saturated rings. The highest BCUT2D eigenvalue weighted by Gasteiger charge is 2.42. The molecule has 0 N–H and O–H groups in total. The number of anilines is 6. The van der Waals surface area contributed by atoms with Crippen molar-refractivity contribution in [1.82, 2.24) is 0 Å². The van der Waals surface area contributed by atoms with Crippen LogP contribution < -0.4 is 9.80 Å². The molecule has 0 aliphatic heterocycles. The van der Waals surface area contributed by atoms with Gasteiger partial charge >= 0.3 is 11.9 Å². The summed E-state index contributed by atoms with van der Waals surface area (Å²) in [5.74, 6) is -0.709. The Hall–Kier alpha value is -6.92. The van der Waals surface area contributed by atoms with E-state index in [4.69, 9.17) is 9.47 Å². The third-order valence-corrected chi connectivity index (χ3v) is 14.8. The Balaban J connectivity index is 1.16. The van der Waals surface area contributed by atoms with E-state index in [0.717, 1.165) is 39.7 Å². The lowest BCUT2D eigenvalue weighted by Gasteiger charge is -2.33. The topological polar surface area (TPSA) is 59.1 Å². The maximum absolute atomic E-state index is 13.2. The normalized spacial score (nSPS) is 12.2. The molecule has 1 aliphatic rings. The number of hydrogen-bond acceptors (Lipinski definition) is 6. The van der Waals surface area contributed by atoms with E-state index in [0.29, 0.717) is 24.3 Å². The Morgan fingerprint density at radius 3 is 1.27 bits per heavy atom. The van der Waals surface area contributed by atoms with Crippen molar-refractivity contribution < 1.29 is 19.1 Å². The molecule has 378 valence electrons. The fraction of sp³-hybridized carbons (Fsp3) is 0.343. The minimum absolute atomic E-state index is 0.00617. The number of carbonyl (C=O) groups excluding carboxylic acids is 2. The second kappa shape index (κ2) is 25.2. The Morgan fingerprint density at radius 1 is 0.397 bits per heavy atom. The monoisotopic (exact) mass is 973 g/mol. The van der Waals surface area contributed by atoms with Crippen LogP contribution in [-0.2, 0) is 14.9 Å². The first-order chi connectivity index (χ1) is 35.7. The second-order valence-corrected chi connectivity index (χ2v) is 20.0. The van der Waals surface area contributed by atoms with Gasteiger partial charge in [-0.05, 0) is 165 Å². The molecular formula is C67H76N2O4. The fourth-order valence-corrected chi connectivity index (χ4v) is 11.0. The van der Waals surface area contributed by atoms with Gasteiger partial charge in [-0.25, -0.2) is 9.59 Å². The molecule has 7 aromatic carbocycles. The molecule has 0 spiro atoms. The minimum Gasteiger partial charge on any atom is -0.462 e. The molecular weight excluding hydrogens is 897 g/mol. The number of ether oxygens (including phenoxy) is 2. The zero-order chi connectivity index (χ0) is 51.2. The average Bonchev–Trinajstić information content (AvgIpc) is 3.67. The van der Waals surface area contributed by atoms with E-state index in [9.17, 15) is 9.59 Å². The SMILES string of the molecule is CCCCCCCCC1(CCCCCCCC)c2cc(C)ccc2-c2ccc(-c3ccc(N(c4ccc(N(c5ccc(C)cc5)c5cccc(C(=O)OCC)c5)cc4)c4cccc(C(=O)OCC)c4)cc3)cc21. The molecule has 0 saturated carbocycles. The lowest BCUT2D eigenvalue weighted by atomic mass is 9.70. The Labute approximate surface area is 436 Å². The zero-order valence-corrected chi connectivity index (χ0v) is 44.4. The summed E-state index contributed by atoms with van der Waals surface area (Å²) in [5, 5.41) is 0. The molecule has 0 radical (unpaired) electrons. The van der Waals surface area contributed by atoms with Gasteiger partial charge in [-0.15, -0.1) is 0 Å². The van der Waals surface area contributed by atoms with Gasteiger partial charge in [-0.3, -0.25) is 0 Å².